The number of anilines is 6. The maximum Gasteiger partial charge on any atom is 0.252 e. The molecular weight excluding hydrogens is 779 g/mol. The van der Waals surface area contributed by atoms with Crippen LogP contribution in [-0.4, -0.2) is 19.9 Å². The van der Waals surface area contributed by atoms with Crippen LogP contribution in [0.1, 0.15) is 135 Å². The van der Waals surface area contributed by atoms with Crippen molar-refractivity contribution in [3.05, 3.63) is 137 Å². The van der Waals surface area contributed by atoms with Crippen LogP contribution in [0.25, 0.3) is 11.1 Å². The van der Waals surface area contributed by atoms with E-state index >= 15 is 0 Å². The molecule has 0 saturated carbocycles. The van der Waals surface area contributed by atoms with E-state index < -0.39 is 0 Å². The number of benzene rings is 6. The van der Waals surface area contributed by atoms with E-state index in [9.17, 15) is 0 Å². The van der Waals surface area contributed by atoms with Gasteiger partial charge in [0, 0.05) is 28.3 Å². The van der Waals surface area contributed by atoms with Gasteiger partial charge in [-0.1, -0.05) is 131 Å². The molecule has 11 rings (SSSR count). The average molecular weight is 845 g/mol. The smallest absolute Gasteiger partial charge is 0.252 e. The Morgan fingerprint density at radius 1 is 0.531 bits per heavy atom. The second kappa shape index (κ2) is 13.8. The van der Waals surface area contributed by atoms with Gasteiger partial charge in [0.2, 0.25) is 0 Å². The van der Waals surface area contributed by atoms with Crippen LogP contribution >= 0.6 is 0 Å². The van der Waals surface area contributed by atoms with E-state index in [1.165, 1.54) is 96.5 Å². The van der Waals surface area contributed by atoms with Gasteiger partial charge in [-0.15, -0.1) is 0 Å². The van der Waals surface area contributed by atoms with Crippen LogP contribution in [-0.2, 0) is 27.1 Å². The molecule has 3 aliphatic heterocycles. The lowest BCUT2D eigenvalue weighted by Crippen LogP contribution is -2.62. The fraction of sp³-hybridized carbons (Fsp3) is 0.390. The van der Waals surface area contributed by atoms with Gasteiger partial charge in [0.15, 0.2) is 11.5 Å². The summed E-state index contributed by atoms with van der Waals surface area (Å²) in [5.74, 6) is 1.64. The van der Waals surface area contributed by atoms with Gasteiger partial charge in [-0.25, -0.2) is 0 Å². The minimum absolute atomic E-state index is 0.0318. The molecule has 5 heteroatoms. The fourth-order valence-corrected chi connectivity index (χ4v) is 12.1. The first-order chi connectivity index (χ1) is 30.2. The molecule has 3 heterocycles. The van der Waals surface area contributed by atoms with Crippen molar-refractivity contribution in [2.75, 3.05) is 23.0 Å². The first-order valence-electron chi connectivity index (χ1n) is 24.0. The monoisotopic (exact) mass is 845 g/mol. The summed E-state index contributed by atoms with van der Waals surface area (Å²) in [6.07, 6.45) is 4.69. The third-order valence-electron chi connectivity index (χ3n) is 16.1. The molecule has 4 nitrogen and oxygen atoms in total. The Morgan fingerprint density at radius 3 is 1.81 bits per heavy atom. The van der Waals surface area contributed by atoms with Gasteiger partial charge in [0.1, 0.15) is 13.2 Å². The van der Waals surface area contributed by atoms with Crippen LogP contribution in [0.3, 0.4) is 0 Å². The number of rotatable bonds is 3. The third kappa shape index (κ3) is 6.15. The zero-order chi connectivity index (χ0) is 44.9. The summed E-state index contributed by atoms with van der Waals surface area (Å²) in [5, 5.41) is 0. The zero-order valence-electron chi connectivity index (χ0n) is 40.3. The van der Waals surface area contributed by atoms with Crippen molar-refractivity contribution in [2.45, 2.75) is 136 Å². The van der Waals surface area contributed by atoms with E-state index in [4.69, 9.17) is 9.47 Å². The highest BCUT2D eigenvalue weighted by atomic mass is 16.6. The lowest BCUT2D eigenvalue weighted by Gasteiger charge is -2.48. The normalized spacial score (nSPS) is 19.2. The molecule has 0 saturated heterocycles. The van der Waals surface area contributed by atoms with Gasteiger partial charge in [-0.3, -0.25) is 0 Å². The minimum Gasteiger partial charge on any atom is -0.486 e. The van der Waals surface area contributed by atoms with Crippen molar-refractivity contribution < 1.29 is 9.47 Å². The average Bonchev–Trinajstić information content (AvgIpc) is 3.26. The first-order valence-corrected chi connectivity index (χ1v) is 24.0. The Bertz CT molecular complexity index is 2910. The highest BCUT2D eigenvalue weighted by molar-refractivity contribution is 7.00. The Labute approximate surface area is 383 Å². The molecule has 5 aliphatic rings. The van der Waals surface area contributed by atoms with E-state index in [2.05, 4.69) is 196 Å². The van der Waals surface area contributed by atoms with Crippen LogP contribution in [0.5, 0.6) is 11.5 Å². The predicted molar refractivity (Wildman–Crippen MR) is 271 cm³/mol. The number of ether oxygens (including phenoxy) is 2. The summed E-state index contributed by atoms with van der Waals surface area (Å²) in [7, 11) is 0. The van der Waals surface area contributed by atoms with Crippen molar-refractivity contribution in [1.29, 1.82) is 0 Å². The molecular formula is C59H65BN2O2. The number of fused-ring (bicyclic) bond motifs is 8. The highest BCUT2D eigenvalue weighted by Gasteiger charge is 2.48. The van der Waals surface area contributed by atoms with Gasteiger partial charge in [-0.2, -0.15) is 0 Å². The molecule has 0 bridgehead atoms. The van der Waals surface area contributed by atoms with Crippen LogP contribution in [0.15, 0.2) is 103 Å². The Balaban J connectivity index is 1.27. The maximum atomic E-state index is 6.82. The molecule has 0 radical (unpaired) electrons. The molecule has 0 aromatic heterocycles. The molecule has 6 aromatic carbocycles. The molecule has 0 atom stereocenters. The topological polar surface area (TPSA) is 24.9 Å². The minimum atomic E-state index is -0.0351. The molecule has 0 fully saturated rings. The van der Waals surface area contributed by atoms with Gasteiger partial charge in [-0.05, 0) is 164 Å². The standard InChI is InChI=1S/C59H65BN2O2/c1-36-30-49-52-50(31-36)62(47-22-18-38(55(2,3)4)32-40(47)37-16-14-13-15-17-37)53-45(21-23-51-54(53)64-29-28-63-51)60(52)46-34-43-44(59(11,12)27-26-58(43,9)10)35-48(46)61(49)39-19-20-41-42(33-39)57(7,8)25-24-56(41,5)6/h13-23,30-35H,24-29H2,1-12H3. The molecule has 0 spiro atoms. The lowest BCUT2D eigenvalue weighted by atomic mass is 9.33. The second-order valence-corrected chi connectivity index (χ2v) is 23.4. The number of hydrogen-bond acceptors (Lipinski definition) is 4. The van der Waals surface area contributed by atoms with Crippen LogP contribution < -0.4 is 35.7 Å². The molecule has 326 valence electrons. The summed E-state index contributed by atoms with van der Waals surface area (Å²) in [5.41, 5.74) is 22.3. The van der Waals surface area contributed by atoms with Gasteiger partial charge < -0.3 is 19.3 Å². The Kier molecular flexibility index (Phi) is 8.91. The summed E-state index contributed by atoms with van der Waals surface area (Å²) < 4.78 is 13.3. The van der Waals surface area contributed by atoms with E-state index in [-0.39, 0.29) is 33.8 Å². The zero-order valence-corrected chi connectivity index (χ0v) is 40.3. The maximum absolute atomic E-state index is 6.82. The van der Waals surface area contributed by atoms with E-state index in [1.54, 1.807) is 0 Å². The molecule has 0 amide bonds. The number of nitrogens with zero attached hydrogens (tertiary/aromatic N) is 2. The largest absolute Gasteiger partial charge is 0.486 e. The van der Waals surface area contributed by atoms with Crippen LogP contribution in [0, 0.1) is 6.92 Å². The molecule has 6 aromatic rings. The third-order valence-corrected chi connectivity index (χ3v) is 16.1. The predicted octanol–water partition coefficient (Wildman–Crippen LogP) is 13.5. The fourth-order valence-electron chi connectivity index (χ4n) is 12.1. The van der Waals surface area contributed by atoms with Crippen molar-refractivity contribution >= 4 is 57.2 Å². The molecule has 0 unspecified atom stereocenters. The quantitative estimate of drug-likeness (QED) is 0.165. The highest BCUT2D eigenvalue weighted by Crippen LogP contribution is 2.55. The second-order valence-electron chi connectivity index (χ2n) is 23.4. The van der Waals surface area contributed by atoms with E-state index in [0.717, 1.165) is 35.7 Å². The molecule has 64 heavy (non-hydrogen) atoms. The van der Waals surface area contributed by atoms with E-state index in [0.29, 0.717) is 13.2 Å². The van der Waals surface area contributed by atoms with Gasteiger partial charge in [0.05, 0.1) is 11.4 Å². The summed E-state index contributed by atoms with van der Waals surface area (Å²) >= 11 is 0. The SMILES string of the molecule is Cc1cc2c3c(c1)N(c1ccc(C(C)(C)C)cc1-c1ccccc1)c1c(ccc4c1OCCO4)B3c1cc3c(cc1N2c1ccc2c(c1)C(C)(C)CCC2(C)C)C(C)(C)CCC3(C)C. The number of hydrogen-bond donors (Lipinski definition) is 0. The lowest BCUT2D eigenvalue weighted by molar-refractivity contribution is 0.172. The Morgan fingerprint density at radius 2 is 1.14 bits per heavy atom. The van der Waals surface area contributed by atoms with Crippen molar-refractivity contribution in [3.63, 3.8) is 0 Å². The van der Waals surface area contributed by atoms with Crippen molar-refractivity contribution in [1.82, 2.24) is 0 Å². The number of aryl methyl sites for hydroxylation is 1. The van der Waals surface area contributed by atoms with E-state index in [1.807, 2.05) is 0 Å². The van der Waals surface area contributed by atoms with Crippen molar-refractivity contribution in [3.8, 4) is 22.6 Å². The molecule has 2 aliphatic carbocycles. The first kappa shape index (κ1) is 41.3. The van der Waals surface area contributed by atoms with Crippen molar-refractivity contribution in [2.24, 2.45) is 0 Å². The van der Waals surface area contributed by atoms with Crippen LogP contribution in [0.4, 0.5) is 34.1 Å². The van der Waals surface area contributed by atoms with Gasteiger partial charge in [0.25, 0.3) is 6.71 Å². The summed E-state index contributed by atoms with van der Waals surface area (Å²) in [6.45, 7) is 29.9. The summed E-state index contributed by atoms with van der Waals surface area (Å²) in [4.78, 5) is 5.21. The Hall–Kier alpha value is -5.42. The summed E-state index contributed by atoms with van der Waals surface area (Å²) in [6, 6.07) is 40.3. The molecule has 0 N–H and O–H groups in total. The van der Waals surface area contributed by atoms with Crippen LogP contribution in [0.2, 0.25) is 0 Å². The van der Waals surface area contributed by atoms with Gasteiger partial charge >= 0.3 is 0 Å².